The van der Waals surface area contributed by atoms with Crippen molar-refractivity contribution in [3.63, 3.8) is 0 Å². The van der Waals surface area contributed by atoms with Crippen molar-refractivity contribution in [2.45, 2.75) is 174 Å². The predicted octanol–water partition coefficient (Wildman–Crippen LogP) is 9.16. The predicted molar refractivity (Wildman–Crippen MR) is 196 cm³/mol. The van der Waals surface area contributed by atoms with Crippen LogP contribution in [0.5, 0.6) is 0 Å². The summed E-state index contributed by atoms with van der Waals surface area (Å²) in [5, 5.41) is 13.7. The Hall–Kier alpha value is -1.02. The zero-order chi connectivity index (χ0) is 35.1. The van der Waals surface area contributed by atoms with E-state index in [4.69, 9.17) is 9.05 Å². The van der Waals surface area contributed by atoms with Gasteiger partial charge in [0.05, 0.1) is 39.9 Å². The van der Waals surface area contributed by atoms with E-state index < -0.39 is 20.0 Å². The number of allylic oxidation sites excluding steroid dienone is 3. The number of carbonyl (C=O) groups is 1. The molecule has 1 amide bonds. The van der Waals surface area contributed by atoms with E-state index in [0.29, 0.717) is 17.4 Å². The minimum atomic E-state index is -4.58. The van der Waals surface area contributed by atoms with Gasteiger partial charge in [0.15, 0.2) is 0 Å². The van der Waals surface area contributed by atoms with E-state index >= 15 is 0 Å². The second kappa shape index (κ2) is 31.0. The van der Waals surface area contributed by atoms with Gasteiger partial charge in [0.1, 0.15) is 13.2 Å². The first-order valence-corrected chi connectivity index (χ1v) is 20.7. The van der Waals surface area contributed by atoms with Crippen molar-refractivity contribution in [1.29, 1.82) is 0 Å². The lowest BCUT2D eigenvalue weighted by atomic mass is 10.1. The highest BCUT2D eigenvalue weighted by atomic mass is 31.2. The molecule has 0 spiro atoms. The summed E-state index contributed by atoms with van der Waals surface area (Å²) in [7, 11) is 1.24. The molecule has 0 saturated heterocycles. The van der Waals surface area contributed by atoms with Crippen LogP contribution >= 0.6 is 7.82 Å². The molecule has 0 saturated carbocycles. The smallest absolute Gasteiger partial charge is 0.268 e. The third-order valence-corrected chi connectivity index (χ3v) is 9.38. The summed E-state index contributed by atoms with van der Waals surface area (Å²) in [6.07, 6.45) is 33.7. The Kier molecular flexibility index (Phi) is 30.3. The Balaban J connectivity index is 4.56. The average molecular weight is 687 g/mol. The van der Waals surface area contributed by atoms with Crippen LogP contribution in [0.3, 0.4) is 0 Å². The molecule has 0 fully saturated rings. The molecule has 0 aliphatic rings. The maximum absolute atomic E-state index is 12.7. The normalized spacial score (nSPS) is 15.0. The van der Waals surface area contributed by atoms with Crippen LogP contribution in [0, 0.1) is 0 Å². The highest BCUT2D eigenvalue weighted by Gasteiger charge is 2.23. The Morgan fingerprint density at radius 1 is 0.723 bits per heavy atom. The Morgan fingerprint density at radius 2 is 1.19 bits per heavy atom. The van der Waals surface area contributed by atoms with E-state index in [1.54, 1.807) is 6.08 Å². The lowest BCUT2D eigenvalue weighted by Gasteiger charge is -2.29. The molecule has 9 heteroatoms. The highest BCUT2D eigenvalue weighted by molar-refractivity contribution is 7.45. The number of aliphatic hydroxyl groups excluding tert-OH is 1. The van der Waals surface area contributed by atoms with Crippen molar-refractivity contribution in [1.82, 2.24) is 5.32 Å². The Labute approximate surface area is 290 Å². The van der Waals surface area contributed by atoms with Gasteiger partial charge >= 0.3 is 0 Å². The molecule has 0 rings (SSSR count). The van der Waals surface area contributed by atoms with E-state index in [2.05, 4.69) is 31.3 Å². The van der Waals surface area contributed by atoms with Gasteiger partial charge in [0.2, 0.25) is 5.91 Å². The number of phosphoric ester groups is 1. The molecule has 0 aromatic heterocycles. The zero-order valence-corrected chi connectivity index (χ0v) is 32.1. The van der Waals surface area contributed by atoms with Crippen LogP contribution in [0.15, 0.2) is 24.3 Å². The molecule has 0 aliphatic carbocycles. The van der Waals surface area contributed by atoms with Gasteiger partial charge in [-0.1, -0.05) is 147 Å². The fraction of sp³-hybridized carbons (Fsp3) is 0.868. The van der Waals surface area contributed by atoms with Crippen molar-refractivity contribution < 1.29 is 32.9 Å². The van der Waals surface area contributed by atoms with Crippen molar-refractivity contribution >= 4 is 13.7 Å². The fourth-order valence-corrected chi connectivity index (χ4v) is 6.01. The molecule has 0 heterocycles. The SMILES string of the molecule is CCCCCCCCCCCC/C=C/CC/C=C/C(O)C(COP(=O)([O-])OCC[N+](C)(C)C)NC(=O)CCCCCCCCCCC. The zero-order valence-electron chi connectivity index (χ0n) is 31.2. The highest BCUT2D eigenvalue weighted by Crippen LogP contribution is 2.38. The lowest BCUT2D eigenvalue weighted by Crippen LogP contribution is -2.45. The average Bonchev–Trinajstić information content (AvgIpc) is 3.01. The van der Waals surface area contributed by atoms with Crippen molar-refractivity contribution in [2.75, 3.05) is 40.9 Å². The molecule has 0 aliphatic heterocycles. The Morgan fingerprint density at radius 3 is 1.72 bits per heavy atom. The molecule has 0 aromatic rings. The molecule has 3 unspecified atom stereocenters. The molecule has 0 radical (unpaired) electrons. The lowest BCUT2D eigenvalue weighted by molar-refractivity contribution is -0.870. The first kappa shape index (κ1) is 46.0. The second-order valence-electron chi connectivity index (χ2n) is 14.3. The monoisotopic (exact) mass is 687 g/mol. The molecule has 3 atom stereocenters. The quantitative estimate of drug-likeness (QED) is 0.0303. The number of carbonyl (C=O) groups excluding carboxylic acids is 1. The number of aliphatic hydroxyl groups is 1. The minimum Gasteiger partial charge on any atom is -0.756 e. The molecule has 47 heavy (non-hydrogen) atoms. The summed E-state index contributed by atoms with van der Waals surface area (Å²) >= 11 is 0. The maximum atomic E-state index is 12.7. The van der Waals surface area contributed by atoms with Gasteiger partial charge in [0.25, 0.3) is 7.82 Å². The van der Waals surface area contributed by atoms with Gasteiger partial charge in [-0.2, -0.15) is 0 Å². The summed E-state index contributed by atoms with van der Waals surface area (Å²) in [5.41, 5.74) is 0. The van der Waals surface area contributed by atoms with E-state index in [1.807, 2.05) is 27.2 Å². The standard InChI is InChI=1S/C38H75N2O6P/c1-6-8-10-12-14-16-17-18-19-20-21-22-24-25-27-29-31-37(41)36(35-46-47(43,44)45-34-33-40(3,4)5)39-38(42)32-30-28-26-23-15-13-11-9-7-2/h22,24,29,31,36-37,41H,6-21,23,25-28,30,32-35H2,1-5H3,(H-,39,42,43,44)/b24-22+,31-29+. The van der Waals surface area contributed by atoms with E-state index in [0.717, 1.165) is 38.5 Å². The number of amides is 1. The molecule has 8 nitrogen and oxygen atoms in total. The number of hydrogen-bond donors (Lipinski definition) is 2. The van der Waals surface area contributed by atoms with Crippen LogP contribution in [-0.4, -0.2) is 68.5 Å². The molecular formula is C38H75N2O6P. The van der Waals surface area contributed by atoms with Crippen LogP contribution in [0.4, 0.5) is 0 Å². The second-order valence-corrected chi connectivity index (χ2v) is 15.7. The number of phosphoric acid groups is 1. The number of rotatable bonds is 34. The van der Waals surface area contributed by atoms with Crippen LogP contribution in [0.2, 0.25) is 0 Å². The molecule has 0 bridgehead atoms. The number of likely N-dealkylation sites (N-methyl/N-ethyl adjacent to an activating group) is 1. The largest absolute Gasteiger partial charge is 0.756 e. The number of nitrogens with zero attached hydrogens (tertiary/aromatic N) is 1. The first-order valence-electron chi connectivity index (χ1n) is 19.2. The van der Waals surface area contributed by atoms with E-state index in [1.165, 1.54) is 103 Å². The van der Waals surface area contributed by atoms with Gasteiger partial charge in [-0.25, -0.2) is 0 Å². The van der Waals surface area contributed by atoms with Crippen LogP contribution in [-0.2, 0) is 18.4 Å². The minimum absolute atomic E-state index is 0.00489. The third kappa shape index (κ3) is 33.3. The van der Waals surface area contributed by atoms with Crippen molar-refractivity contribution in [3.8, 4) is 0 Å². The van der Waals surface area contributed by atoms with Gasteiger partial charge < -0.3 is 28.8 Å². The fourth-order valence-electron chi connectivity index (χ4n) is 5.28. The van der Waals surface area contributed by atoms with Crippen LogP contribution in [0.25, 0.3) is 0 Å². The summed E-state index contributed by atoms with van der Waals surface area (Å²) < 4.78 is 23.0. The molecule has 0 aromatic carbocycles. The number of nitrogens with one attached hydrogen (secondary N) is 1. The van der Waals surface area contributed by atoms with Gasteiger partial charge in [-0.15, -0.1) is 0 Å². The number of quaternary nitrogens is 1. The van der Waals surface area contributed by atoms with E-state index in [9.17, 15) is 19.4 Å². The number of hydrogen-bond acceptors (Lipinski definition) is 6. The summed E-state index contributed by atoms with van der Waals surface area (Å²) in [5.74, 6) is -0.212. The van der Waals surface area contributed by atoms with Gasteiger partial charge in [-0.05, 0) is 32.1 Å². The summed E-state index contributed by atoms with van der Waals surface area (Å²) in [6, 6.07) is -0.895. The molecular weight excluding hydrogens is 611 g/mol. The first-order chi connectivity index (χ1) is 22.5. The van der Waals surface area contributed by atoms with Gasteiger partial charge in [-0.3, -0.25) is 9.36 Å². The maximum Gasteiger partial charge on any atom is 0.268 e. The van der Waals surface area contributed by atoms with Crippen LogP contribution in [0.1, 0.15) is 162 Å². The van der Waals surface area contributed by atoms with E-state index in [-0.39, 0.29) is 19.1 Å². The van der Waals surface area contributed by atoms with Gasteiger partial charge in [0, 0.05) is 6.42 Å². The van der Waals surface area contributed by atoms with Crippen molar-refractivity contribution in [2.24, 2.45) is 0 Å². The Bertz CT molecular complexity index is 829. The third-order valence-electron chi connectivity index (χ3n) is 8.41. The summed E-state index contributed by atoms with van der Waals surface area (Å²) in [6.45, 7) is 4.58. The van der Waals surface area contributed by atoms with Crippen molar-refractivity contribution in [3.05, 3.63) is 24.3 Å². The molecule has 2 N–H and O–H groups in total. The topological polar surface area (TPSA) is 108 Å². The molecule has 278 valence electrons. The van der Waals surface area contributed by atoms with Crippen LogP contribution < -0.4 is 10.2 Å². The summed E-state index contributed by atoms with van der Waals surface area (Å²) in [4.78, 5) is 25.1. The number of unbranched alkanes of at least 4 members (excludes halogenated alkanes) is 19.